The Morgan fingerprint density at radius 3 is 2.78 bits per heavy atom. The van der Waals surface area contributed by atoms with Gasteiger partial charge in [-0.25, -0.2) is 0 Å². The molecule has 0 aliphatic rings. The van der Waals surface area contributed by atoms with E-state index in [1.807, 2.05) is 0 Å². The topological polar surface area (TPSA) is 0 Å². The maximum Gasteiger partial charge on any atom is 0.00916 e. The number of hydrogen-bond donors (Lipinski definition) is 0. The molecule has 49 valence electrons. The van der Waals surface area contributed by atoms with Crippen molar-refractivity contribution in [3.63, 3.8) is 0 Å². The Hall–Kier alpha value is -0.700. The molecule has 0 nitrogen and oxygen atoms in total. The maximum absolute atomic E-state index is 5.17. The van der Waals surface area contributed by atoms with Crippen molar-refractivity contribution in [3.8, 4) is 11.8 Å². The summed E-state index contributed by atoms with van der Waals surface area (Å²) in [6, 6.07) is 0. The first-order valence-electron chi connectivity index (χ1n) is 3.41. The molecule has 0 aromatic heterocycles. The van der Waals surface area contributed by atoms with E-state index in [4.69, 9.17) is 6.58 Å². The summed E-state index contributed by atoms with van der Waals surface area (Å²) in [6.45, 7) is 7.23. The van der Waals surface area contributed by atoms with Crippen LogP contribution < -0.4 is 0 Å². The average Bonchev–Trinajstić information content (AvgIpc) is 1.89. The van der Waals surface area contributed by atoms with Crippen LogP contribution in [0, 0.1) is 18.4 Å². The zero-order valence-electron chi connectivity index (χ0n) is 5.98. The van der Waals surface area contributed by atoms with Crippen LogP contribution in [0.4, 0.5) is 0 Å². The third-order valence-electron chi connectivity index (χ3n) is 0.974. The van der Waals surface area contributed by atoms with Gasteiger partial charge in [0.25, 0.3) is 0 Å². The number of allylic oxidation sites excluding steroid dienone is 1. The van der Waals surface area contributed by atoms with Gasteiger partial charge in [-0.05, 0) is 12.8 Å². The molecule has 0 unspecified atom stereocenters. The van der Waals surface area contributed by atoms with Crippen molar-refractivity contribution >= 4 is 0 Å². The molecule has 0 heterocycles. The maximum atomic E-state index is 5.17. The van der Waals surface area contributed by atoms with Crippen LogP contribution in [0.5, 0.6) is 0 Å². The molecule has 0 atom stereocenters. The molecule has 0 saturated carbocycles. The Bertz CT molecular complexity index is 112. The fraction of sp³-hybridized carbons (Fsp3) is 0.556. The summed E-state index contributed by atoms with van der Waals surface area (Å²) in [7, 11) is 0. The Morgan fingerprint density at radius 1 is 1.44 bits per heavy atom. The summed E-state index contributed by atoms with van der Waals surface area (Å²) in [5, 5.41) is 0. The third-order valence-corrected chi connectivity index (χ3v) is 0.974. The standard InChI is InChI=1S/C9H13/c1-3-5-7-9-8-6-4-2/h1,3H,4-5,7,9H2,2H3. The van der Waals surface area contributed by atoms with Crippen LogP contribution in [0.15, 0.2) is 6.08 Å². The van der Waals surface area contributed by atoms with Gasteiger partial charge in [0.1, 0.15) is 0 Å². The molecule has 0 aliphatic heterocycles. The van der Waals surface area contributed by atoms with Crippen LogP contribution in [0.2, 0.25) is 0 Å². The molecule has 0 heteroatoms. The van der Waals surface area contributed by atoms with E-state index < -0.39 is 0 Å². The predicted octanol–water partition coefficient (Wildman–Crippen LogP) is 2.56. The Kier molecular flexibility index (Phi) is 6.73. The molecule has 0 bridgehead atoms. The van der Waals surface area contributed by atoms with Crippen LogP contribution in [-0.2, 0) is 0 Å². The zero-order valence-corrected chi connectivity index (χ0v) is 5.98. The second kappa shape index (κ2) is 7.30. The summed E-state index contributed by atoms with van der Waals surface area (Å²) in [5.74, 6) is 6.05. The fourth-order valence-electron chi connectivity index (χ4n) is 0.522. The monoisotopic (exact) mass is 121 g/mol. The second-order valence-electron chi connectivity index (χ2n) is 1.84. The van der Waals surface area contributed by atoms with Crippen molar-refractivity contribution in [2.24, 2.45) is 0 Å². The molecule has 0 aromatic carbocycles. The Labute approximate surface area is 58.0 Å². The van der Waals surface area contributed by atoms with Gasteiger partial charge in [0.2, 0.25) is 0 Å². The predicted molar refractivity (Wildman–Crippen MR) is 40.8 cm³/mol. The minimum Gasteiger partial charge on any atom is -0.104 e. The van der Waals surface area contributed by atoms with Crippen molar-refractivity contribution < 1.29 is 0 Å². The SMILES string of the molecule is [CH]=CCCCC#CCC. The van der Waals surface area contributed by atoms with E-state index in [0.29, 0.717) is 0 Å². The van der Waals surface area contributed by atoms with Gasteiger partial charge >= 0.3 is 0 Å². The molecule has 0 N–H and O–H groups in total. The largest absolute Gasteiger partial charge is 0.104 e. The zero-order chi connectivity index (χ0) is 6.95. The highest BCUT2D eigenvalue weighted by atomic mass is 13.8. The van der Waals surface area contributed by atoms with Crippen LogP contribution in [-0.4, -0.2) is 0 Å². The Morgan fingerprint density at radius 2 is 2.22 bits per heavy atom. The van der Waals surface area contributed by atoms with Crippen LogP contribution in [0.1, 0.15) is 32.6 Å². The fourth-order valence-corrected chi connectivity index (χ4v) is 0.522. The van der Waals surface area contributed by atoms with E-state index in [1.54, 1.807) is 6.08 Å². The van der Waals surface area contributed by atoms with Gasteiger partial charge in [-0.3, -0.25) is 0 Å². The van der Waals surface area contributed by atoms with Gasteiger partial charge in [-0.15, -0.1) is 11.8 Å². The van der Waals surface area contributed by atoms with Crippen LogP contribution in [0.25, 0.3) is 0 Å². The summed E-state index contributed by atoms with van der Waals surface area (Å²) in [6.07, 6.45) is 5.73. The van der Waals surface area contributed by atoms with E-state index in [-0.39, 0.29) is 0 Å². The molecule has 0 rings (SSSR count). The van der Waals surface area contributed by atoms with Crippen molar-refractivity contribution in [2.45, 2.75) is 32.6 Å². The van der Waals surface area contributed by atoms with Gasteiger partial charge in [0, 0.05) is 12.8 Å². The molecule has 0 saturated heterocycles. The summed E-state index contributed by atoms with van der Waals surface area (Å²) < 4.78 is 0. The first-order chi connectivity index (χ1) is 4.41. The molecule has 0 spiro atoms. The second-order valence-corrected chi connectivity index (χ2v) is 1.84. The summed E-state index contributed by atoms with van der Waals surface area (Å²) in [4.78, 5) is 0. The Balaban J connectivity index is 2.98. The van der Waals surface area contributed by atoms with E-state index in [9.17, 15) is 0 Å². The molecule has 9 heavy (non-hydrogen) atoms. The lowest BCUT2D eigenvalue weighted by Crippen LogP contribution is -1.67. The van der Waals surface area contributed by atoms with Crippen molar-refractivity contribution in [3.05, 3.63) is 12.7 Å². The van der Waals surface area contributed by atoms with Gasteiger partial charge in [-0.1, -0.05) is 19.6 Å². The summed E-state index contributed by atoms with van der Waals surface area (Å²) in [5.41, 5.74) is 0. The molecule has 0 amide bonds. The van der Waals surface area contributed by atoms with Gasteiger partial charge < -0.3 is 0 Å². The van der Waals surface area contributed by atoms with E-state index in [1.165, 1.54) is 0 Å². The lowest BCUT2D eigenvalue weighted by molar-refractivity contribution is 0.885. The molecule has 1 radical (unpaired) electrons. The molecule has 0 aliphatic carbocycles. The lowest BCUT2D eigenvalue weighted by Gasteiger charge is -1.83. The van der Waals surface area contributed by atoms with Crippen LogP contribution >= 0.6 is 0 Å². The first kappa shape index (κ1) is 8.30. The average molecular weight is 121 g/mol. The highest BCUT2D eigenvalue weighted by molar-refractivity contribution is 4.97. The quantitative estimate of drug-likeness (QED) is 0.397. The van der Waals surface area contributed by atoms with Crippen molar-refractivity contribution in [1.29, 1.82) is 0 Å². The van der Waals surface area contributed by atoms with Crippen molar-refractivity contribution in [1.82, 2.24) is 0 Å². The van der Waals surface area contributed by atoms with Gasteiger partial charge in [0.05, 0.1) is 0 Å². The summed E-state index contributed by atoms with van der Waals surface area (Å²) >= 11 is 0. The smallest absolute Gasteiger partial charge is 0.00916 e. The molecule has 0 fully saturated rings. The minimum absolute atomic E-state index is 0.965. The third kappa shape index (κ3) is 7.30. The number of hydrogen-bond acceptors (Lipinski definition) is 0. The van der Waals surface area contributed by atoms with E-state index in [2.05, 4.69) is 18.8 Å². The van der Waals surface area contributed by atoms with Crippen LogP contribution in [0.3, 0.4) is 0 Å². The number of unbranched alkanes of at least 4 members (excludes halogenated alkanes) is 2. The molecular formula is C9H13. The first-order valence-corrected chi connectivity index (χ1v) is 3.41. The normalized spacial score (nSPS) is 7.67. The lowest BCUT2D eigenvalue weighted by atomic mass is 10.2. The molecular weight excluding hydrogens is 108 g/mol. The van der Waals surface area contributed by atoms with Crippen molar-refractivity contribution in [2.75, 3.05) is 0 Å². The minimum atomic E-state index is 0.965. The number of rotatable bonds is 3. The molecule has 0 aromatic rings. The van der Waals surface area contributed by atoms with E-state index in [0.717, 1.165) is 25.7 Å². The highest BCUT2D eigenvalue weighted by Gasteiger charge is 1.76. The van der Waals surface area contributed by atoms with Gasteiger partial charge in [0.15, 0.2) is 0 Å². The van der Waals surface area contributed by atoms with Gasteiger partial charge in [-0.2, -0.15) is 0 Å². The highest BCUT2D eigenvalue weighted by Crippen LogP contribution is 1.92. The van der Waals surface area contributed by atoms with E-state index >= 15 is 0 Å².